The van der Waals surface area contributed by atoms with Gasteiger partial charge >= 0.3 is 0 Å². The molecule has 0 fully saturated rings. The molecule has 1 aromatic carbocycles. The monoisotopic (exact) mass is 300 g/mol. The van der Waals surface area contributed by atoms with Crippen LogP contribution in [0.25, 0.3) is 11.5 Å². The summed E-state index contributed by atoms with van der Waals surface area (Å²) in [5.74, 6) is 1.20. The normalized spacial score (nSPS) is 11.0. The minimum atomic E-state index is 0.539. The number of hydrogen-bond donors (Lipinski definition) is 1. The topological polar surface area (TPSA) is 77.8 Å². The van der Waals surface area contributed by atoms with Gasteiger partial charge in [0.05, 0.1) is 6.42 Å². The average molecular weight is 300 g/mol. The summed E-state index contributed by atoms with van der Waals surface area (Å²) in [6.07, 6.45) is 1.44. The van der Waals surface area contributed by atoms with Crippen molar-refractivity contribution in [3.63, 3.8) is 0 Å². The van der Waals surface area contributed by atoms with E-state index in [1.807, 2.05) is 36.6 Å². The van der Waals surface area contributed by atoms with Crippen LogP contribution in [0.2, 0.25) is 0 Å². The number of rotatable bonds is 5. The lowest BCUT2D eigenvalue weighted by Crippen LogP contribution is -2.02. The minimum absolute atomic E-state index is 0.539. The summed E-state index contributed by atoms with van der Waals surface area (Å²) in [5.41, 5.74) is 8.70. The molecule has 0 radical (unpaired) electrons. The number of nitrogens with zero attached hydrogens (tertiary/aromatic N) is 3. The fourth-order valence-electron chi connectivity index (χ4n) is 2.09. The predicted octanol–water partition coefficient (Wildman–Crippen LogP) is 2.59. The second-order valence-corrected chi connectivity index (χ2v) is 5.76. The Morgan fingerprint density at radius 2 is 2.19 bits per heavy atom. The largest absolute Gasteiger partial charge is 0.334 e. The van der Waals surface area contributed by atoms with Gasteiger partial charge < -0.3 is 10.3 Å². The zero-order chi connectivity index (χ0) is 14.7. The molecule has 0 aliphatic carbocycles. The van der Waals surface area contributed by atoms with Gasteiger partial charge in [0, 0.05) is 16.6 Å². The maximum atomic E-state index is 5.58. The Kier molecular flexibility index (Phi) is 4.08. The zero-order valence-corrected chi connectivity index (χ0v) is 12.6. The SMILES string of the molecule is Cc1csc(Cc2noc(-c3cccc(CCN)c3)n2)n1. The van der Waals surface area contributed by atoms with E-state index in [9.17, 15) is 0 Å². The van der Waals surface area contributed by atoms with E-state index < -0.39 is 0 Å². The van der Waals surface area contributed by atoms with Crippen LogP contribution in [0.3, 0.4) is 0 Å². The van der Waals surface area contributed by atoms with Crippen LogP contribution in [-0.4, -0.2) is 21.7 Å². The highest BCUT2D eigenvalue weighted by atomic mass is 32.1. The molecule has 0 bridgehead atoms. The molecule has 0 atom stereocenters. The van der Waals surface area contributed by atoms with Crippen molar-refractivity contribution in [1.82, 2.24) is 15.1 Å². The first-order valence-corrected chi connectivity index (χ1v) is 7.65. The Hall–Kier alpha value is -2.05. The minimum Gasteiger partial charge on any atom is -0.334 e. The molecule has 0 saturated carbocycles. The Bertz CT molecular complexity index is 735. The second kappa shape index (κ2) is 6.15. The molecule has 3 rings (SSSR count). The highest BCUT2D eigenvalue weighted by Crippen LogP contribution is 2.20. The van der Waals surface area contributed by atoms with E-state index in [0.29, 0.717) is 24.7 Å². The van der Waals surface area contributed by atoms with E-state index in [2.05, 4.69) is 15.1 Å². The predicted molar refractivity (Wildman–Crippen MR) is 82.1 cm³/mol. The van der Waals surface area contributed by atoms with Crippen LogP contribution < -0.4 is 5.73 Å². The average Bonchev–Trinajstić information content (AvgIpc) is 3.10. The second-order valence-electron chi connectivity index (χ2n) is 4.81. The van der Waals surface area contributed by atoms with Gasteiger partial charge in [-0.25, -0.2) is 4.98 Å². The van der Waals surface area contributed by atoms with E-state index >= 15 is 0 Å². The van der Waals surface area contributed by atoms with Gasteiger partial charge in [-0.3, -0.25) is 0 Å². The number of thiazole rings is 1. The van der Waals surface area contributed by atoms with Gasteiger partial charge in [0.2, 0.25) is 0 Å². The van der Waals surface area contributed by atoms with Crippen molar-refractivity contribution >= 4 is 11.3 Å². The van der Waals surface area contributed by atoms with Crippen LogP contribution in [0, 0.1) is 6.92 Å². The third kappa shape index (κ3) is 3.34. The summed E-state index contributed by atoms with van der Waals surface area (Å²) in [6.45, 7) is 2.60. The van der Waals surface area contributed by atoms with Crippen LogP contribution in [-0.2, 0) is 12.8 Å². The summed E-state index contributed by atoms with van der Waals surface area (Å²) >= 11 is 1.61. The highest BCUT2D eigenvalue weighted by molar-refractivity contribution is 7.09. The van der Waals surface area contributed by atoms with Crippen molar-refractivity contribution in [2.75, 3.05) is 6.54 Å². The van der Waals surface area contributed by atoms with Crippen molar-refractivity contribution in [3.8, 4) is 11.5 Å². The van der Waals surface area contributed by atoms with Crippen molar-refractivity contribution < 1.29 is 4.52 Å². The quantitative estimate of drug-likeness (QED) is 0.783. The Morgan fingerprint density at radius 3 is 2.95 bits per heavy atom. The third-order valence-electron chi connectivity index (χ3n) is 3.05. The Morgan fingerprint density at radius 1 is 1.29 bits per heavy atom. The third-order valence-corrected chi connectivity index (χ3v) is 4.02. The number of nitrogens with two attached hydrogens (primary N) is 1. The number of aryl methyl sites for hydroxylation is 1. The smallest absolute Gasteiger partial charge is 0.257 e. The summed E-state index contributed by atoms with van der Waals surface area (Å²) in [7, 11) is 0. The number of benzene rings is 1. The van der Waals surface area contributed by atoms with Crippen LogP contribution in [0.5, 0.6) is 0 Å². The first kappa shape index (κ1) is 13.9. The van der Waals surface area contributed by atoms with Crippen molar-refractivity contribution in [3.05, 3.63) is 51.7 Å². The lowest BCUT2D eigenvalue weighted by molar-refractivity contribution is 0.424. The Balaban J connectivity index is 1.79. The molecular formula is C15H16N4OS. The van der Waals surface area contributed by atoms with Crippen molar-refractivity contribution in [1.29, 1.82) is 0 Å². The van der Waals surface area contributed by atoms with E-state index in [1.165, 1.54) is 5.56 Å². The number of aromatic nitrogens is 3. The Labute approximate surface area is 126 Å². The van der Waals surface area contributed by atoms with E-state index in [1.54, 1.807) is 11.3 Å². The molecule has 2 aromatic heterocycles. The highest BCUT2D eigenvalue weighted by Gasteiger charge is 2.11. The molecule has 21 heavy (non-hydrogen) atoms. The maximum absolute atomic E-state index is 5.58. The first-order chi connectivity index (χ1) is 10.2. The molecule has 3 aromatic rings. The van der Waals surface area contributed by atoms with Crippen LogP contribution in [0.1, 0.15) is 22.1 Å². The molecule has 2 heterocycles. The molecule has 2 N–H and O–H groups in total. The van der Waals surface area contributed by atoms with Gasteiger partial charge in [-0.05, 0) is 37.6 Å². The molecular weight excluding hydrogens is 284 g/mol. The van der Waals surface area contributed by atoms with Gasteiger partial charge in [-0.15, -0.1) is 11.3 Å². The molecule has 108 valence electrons. The molecule has 0 amide bonds. The fourth-order valence-corrected chi connectivity index (χ4v) is 2.86. The summed E-state index contributed by atoms with van der Waals surface area (Å²) in [5, 5.41) is 7.05. The molecule has 0 aliphatic heterocycles. The summed E-state index contributed by atoms with van der Waals surface area (Å²) in [6, 6.07) is 8.03. The lowest BCUT2D eigenvalue weighted by atomic mass is 10.1. The molecule has 0 saturated heterocycles. The van der Waals surface area contributed by atoms with Crippen LogP contribution in [0.4, 0.5) is 0 Å². The molecule has 5 nitrogen and oxygen atoms in total. The fraction of sp³-hybridized carbons (Fsp3) is 0.267. The van der Waals surface area contributed by atoms with Crippen molar-refractivity contribution in [2.24, 2.45) is 5.73 Å². The first-order valence-electron chi connectivity index (χ1n) is 6.77. The molecule has 6 heteroatoms. The molecule has 0 unspecified atom stereocenters. The van der Waals surface area contributed by atoms with Gasteiger partial charge in [-0.1, -0.05) is 17.3 Å². The van der Waals surface area contributed by atoms with Crippen LogP contribution in [0.15, 0.2) is 34.2 Å². The lowest BCUT2D eigenvalue weighted by Gasteiger charge is -1.99. The zero-order valence-electron chi connectivity index (χ0n) is 11.7. The van der Waals surface area contributed by atoms with Gasteiger partial charge in [0.25, 0.3) is 5.89 Å². The van der Waals surface area contributed by atoms with Gasteiger partial charge in [-0.2, -0.15) is 4.98 Å². The maximum Gasteiger partial charge on any atom is 0.257 e. The van der Waals surface area contributed by atoms with Gasteiger partial charge in [0.1, 0.15) is 5.01 Å². The van der Waals surface area contributed by atoms with Gasteiger partial charge in [0.15, 0.2) is 5.82 Å². The van der Waals surface area contributed by atoms with Crippen molar-refractivity contribution in [2.45, 2.75) is 19.8 Å². The van der Waals surface area contributed by atoms with E-state index in [-0.39, 0.29) is 0 Å². The van der Waals surface area contributed by atoms with E-state index in [0.717, 1.165) is 22.7 Å². The standard InChI is InChI=1S/C15H16N4OS/c1-10-9-21-14(17-10)8-13-18-15(20-19-13)12-4-2-3-11(7-12)5-6-16/h2-4,7,9H,5-6,8,16H2,1H3. The summed E-state index contributed by atoms with van der Waals surface area (Å²) in [4.78, 5) is 8.85. The number of hydrogen-bond acceptors (Lipinski definition) is 6. The molecule has 0 aliphatic rings. The summed E-state index contributed by atoms with van der Waals surface area (Å²) < 4.78 is 5.35. The van der Waals surface area contributed by atoms with E-state index in [4.69, 9.17) is 10.3 Å². The molecule has 0 spiro atoms. The van der Waals surface area contributed by atoms with Crippen LogP contribution >= 0.6 is 11.3 Å².